The number of ether oxygens (including phenoxy) is 3. The van der Waals surface area contributed by atoms with Gasteiger partial charge in [0, 0.05) is 30.1 Å². The molecule has 9 nitrogen and oxygen atoms in total. The first-order valence-electron chi connectivity index (χ1n) is 8.91. The molecule has 1 aromatic heterocycles. The molecular formula is C20H24N2O7. The number of benzene rings is 1. The largest absolute Gasteiger partial charge is 0.478 e. The molecule has 0 unspecified atom stereocenters. The number of nitrogens with zero attached hydrogens (tertiary/aromatic N) is 2. The van der Waals surface area contributed by atoms with Crippen molar-refractivity contribution < 1.29 is 28.7 Å². The fourth-order valence-corrected chi connectivity index (χ4v) is 3.30. The summed E-state index contributed by atoms with van der Waals surface area (Å²) in [5.41, 5.74) is 1.77. The van der Waals surface area contributed by atoms with Crippen LogP contribution >= 0.6 is 0 Å². The molecule has 29 heavy (non-hydrogen) atoms. The highest BCUT2D eigenvalue weighted by Crippen LogP contribution is 2.29. The average Bonchev–Trinajstić information content (AvgIpc) is 2.99. The summed E-state index contributed by atoms with van der Waals surface area (Å²) in [5, 5.41) is 11.3. The molecule has 2 rings (SSSR count). The Labute approximate surface area is 168 Å². The van der Waals surface area contributed by atoms with Crippen LogP contribution in [0.15, 0.2) is 24.3 Å². The van der Waals surface area contributed by atoms with Gasteiger partial charge in [-0.2, -0.15) is 0 Å². The normalized spacial score (nSPS) is 11.8. The van der Waals surface area contributed by atoms with Gasteiger partial charge in [-0.05, 0) is 39.0 Å². The van der Waals surface area contributed by atoms with Crippen LogP contribution < -0.4 is 4.74 Å². The van der Waals surface area contributed by atoms with Gasteiger partial charge in [0.1, 0.15) is 0 Å². The Kier molecular flexibility index (Phi) is 7.11. The molecule has 0 spiro atoms. The van der Waals surface area contributed by atoms with Crippen LogP contribution in [0.4, 0.5) is 5.69 Å². The zero-order valence-corrected chi connectivity index (χ0v) is 17.1. The molecule has 9 heteroatoms. The summed E-state index contributed by atoms with van der Waals surface area (Å²) in [5.74, 6) is -1.11. The number of aryl methyl sites for hydroxylation is 1. The first kappa shape index (κ1) is 22.1. The standard InChI is InChI=1S/C20H24N2O7/c1-12-8-16(14(3)21(12)13(2)10-27-4)18(23)11-29-19-7-6-15(20(24)28-5)9-17(19)22(25)26/h6-9,13H,10-11H2,1-5H3/t13-/m0/s1. The molecule has 0 amide bonds. The maximum absolute atomic E-state index is 12.7. The Morgan fingerprint density at radius 2 is 1.90 bits per heavy atom. The summed E-state index contributed by atoms with van der Waals surface area (Å²) in [6.07, 6.45) is 0. The van der Waals surface area contributed by atoms with E-state index >= 15 is 0 Å². The highest BCUT2D eigenvalue weighted by atomic mass is 16.6. The monoisotopic (exact) mass is 404 g/mol. The molecule has 1 heterocycles. The van der Waals surface area contributed by atoms with E-state index in [1.807, 2.05) is 25.3 Å². The minimum absolute atomic E-state index is 0.0218. The van der Waals surface area contributed by atoms with E-state index in [0.29, 0.717) is 12.2 Å². The summed E-state index contributed by atoms with van der Waals surface area (Å²) in [6, 6.07) is 5.50. The van der Waals surface area contributed by atoms with Crippen LogP contribution in [0, 0.1) is 24.0 Å². The number of nitro groups is 1. The summed E-state index contributed by atoms with van der Waals surface area (Å²) in [4.78, 5) is 34.9. The molecule has 0 aliphatic rings. The number of nitro benzene ring substituents is 1. The zero-order chi connectivity index (χ0) is 21.7. The summed E-state index contributed by atoms with van der Waals surface area (Å²) in [6.45, 7) is 5.84. The van der Waals surface area contributed by atoms with E-state index in [4.69, 9.17) is 9.47 Å². The van der Waals surface area contributed by atoms with E-state index in [1.165, 1.54) is 19.2 Å². The Balaban J connectivity index is 2.22. The quantitative estimate of drug-likeness (QED) is 0.273. The third kappa shape index (κ3) is 4.80. The van der Waals surface area contributed by atoms with Crippen LogP contribution in [0.2, 0.25) is 0 Å². The molecule has 1 atom stereocenters. The van der Waals surface area contributed by atoms with Crippen molar-refractivity contribution in [2.75, 3.05) is 27.4 Å². The van der Waals surface area contributed by atoms with E-state index in [1.54, 1.807) is 13.2 Å². The number of hydrogen-bond donors (Lipinski definition) is 0. The SMILES string of the molecule is COC[C@H](C)n1c(C)cc(C(=O)COc2ccc(C(=O)OC)cc2[N+](=O)[O-])c1C. The molecule has 0 aliphatic carbocycles. The van der Waals surface area contributed by atoms with E-state index in [2.05, 4.69) is 4.74 Å². The minimum atomic E-state index is -0.701. The van der Waals surface area contributed by atoms with Gasteiger partial charge in [0.05, 0.1) is 30.2 Å². The lowest BCUT2D eigenvalue weighted by atomic mass is 10.1. The summed E-state index contributed by atoms with van der Waals surface area (Å²) in [7, 11) is 2.80. The fraction of sp³-hybridized carbons (Fsp3) is 0.400. The lowest BCUT2D eigenvalue weighted by molar-refractivity contribution is -0.385. The number of Topliss-reactive ketones (excluding diaryl/α,β-unsaturated/α-hetero) is 1. The topological polar surface area (TPSA) is 110 Å². The van der Waals surface area contributed by atoms with Gasteiger partial charge in [-0.15, -0.1) is 0 Å². The van der Waals surface area contributed by atoms with Crippen LogP contribution in [0.5, 0.6) is 5.75 Å². The van der Waals surface area contributed by atoms with Crippen LogP contribution in [-0.4, -0.2) is 48.7 Å². The molecule has 2 aromatic rings. The number of methoxy groups -OCH3 is 2. The lowest BCUT2D eigenvalue weighted by Gasteiger charge is -2.17. The molecule has 0 bridgehead atoms. The Bertz CT molecular complexity index is 933. The van der Waals surface area contributed by atoms with Crippen molar-refractivity contribution in [3.63, 3.8) is 0 Å². The van der Waals surface area contributed by atoms with Crippen molar-refractivity contribution in [1.82, 2.24) is 4.57 Å². The lowest BCUT2D eigenvalue weighted by Crippen LogP contribution is -2.16. The molecule has 0 radical (unpaired) electrons. The average molecular weight is 404 g/mol. The number of rotatable bonds is 9. The molecule has 1 aromatic carbocycles. The second-order valence-electron chi connectivity index (χ2n) is 6.60. The van der Waals surface area contributed by atoms with Crippen molar-refractivity contribution in [2.24, 2.45) is 0 Å². The molecule has 0 saturated carbocycles. The first-order chi connectivity index (χ1) is 13.7. The smallest absolute Gasteiger partial charge is 0.338 e. The van der Waals surface area contributed by atoms with Gasteiger partial charge < -0.3 is 18.8 Å². The first-order valence-corrected chi connectivity index (χ1v) is 8.91. The molecule has 156 valence electrons. The van der Waals surface area contributed by atoms with Gasteiger partial charge in [0.25, 0.3) is 0 Å². The fourth-order valence-electron chi connectivity index (χ4n) is 3.30. The third-order valence-corrected chi connectivity index (χ3v) is 4.57. The van der Waals surface area contributed by atoms with Crippen molar-refractivity contribution in [1.29, 1.82) is 0 Å². The number of hydrogen-bond acceptors (Lipinski definition) is 7. The van der Waals surface area contributed by atoms with Crippen LogP contribution in [-0.2, 0) is 9.47 Å². The number of esters is 1. The molecular weight excluding hydrogens is 380 g/mol. The number of ketones is 1. The van der Waals surface area contributed by atoms with Gasteiger partial charge in [0.2, 0.25) is 5.78 Å². The minimum Gasteiger partial charge on any atom is -0.478 e. The van der Waals surface area contributed by atoms with Gasteiger partial charge >= 0.3 is 11.7 Å². The second-order valence-corrected chi connectivity index (χ2v) is 6.60. The Hall–Kier alpha value is -3.20. The van der Waals surface area contributed by atoms with E-state index in [-0.39, 0.29) is 29.7 Å². The highest BCUT2D eigenvalue weighted by Gasteiger charge is 2.22. The summed E-state index contributed by atoms with van der Waals surface area (Å²) < 4.78 is 17.2. The Morgan fingerprint density at radius 1 is 1.21 bits per heavy atom. The van der Waals surface area contributed by atoms with E-state index in [9.17, 15) is 19.7 Å². The van der Waals surface area contributed by atoms with Gasteiger partial charge in [-0.1, -0.05) is 0 Å². The molecule has 0 aliphatic heterocycles. The van der Waals surface area contributed by atoms with Crippen LogP contribution in [0.1, 0.15) is 45.1 Å². The zero-order valence-electron chi connectivity index (χ0n) is 17.1. The molecule has 0 N–H and O–H groups in total. The van der Waals surface area contributed by atoms with Crippen molar-refractivity contribution in [2.45, 2.75) is 26.8 Å². The van der Waals surface area contributed by atoms with Gasteiger partial charge in [0.15, 0.2) is 12.4 Å². The molecule has 0 saturated heterocycles. The maximum Gasteiger partial charge on any atom is 0.338 e. The number of carbonyl (C=O) groups is 2. The van der Waals surface area contributed by atoms with E-state index in [0.717, 1.165) is 17.5 Å². The summed E-state index contributed by atoms with van der Waals surface area (Å²) >= 11 is 0. The van der Waals surface area contributed by atoms with Crippen LogP contribution in [0.3, 0.4) is 0 Å². The predicted molar refractivity (Wildman–Crippen MR) is 105 cm³/mol. The van der Waals surface area contributed by atoms with Gasteiger partial charge in [-0.3, -0.25) is 14.9 Å². The highest BCUT2D eigenvalue weighted by molar-refractivity contribution is 5.98. The van der Waals surface area contributed by atoms with Gasteiger partial charge in [-0.25, -0.2) is 4.79 Å². The molecule has 0 fully saturated rings. The Morgan fingerprint density at radius 3 is 2.48 bits per heavy atom. The number of aromatic nitrogens is 1. The maximum atomic E-state index is 12.7. The second kappa shape index (κ2) is 9.33. The predicted octanol–water partition coefficient (Wildman–Crippen LogP) is 3.27. The van der Waals surface area contributed by atoms with Crippen molar-refractivity contribution in [3.05, 3.63) is 56.9 Å². The number of carbonyl (C=O) groups excluding carboxylic acids is 2. The van der Waals surface area contributed by atoms with Crippen molar-refractivity contribution in [3.8, 4) is 5.75 Å². The van der Waals surface area contributed by atoms with Crippen molar-refractivity contribution >= 4 is 17.4 Å². The third-order valence-electron chi connectivity index (χ3n) is 4.57. The van der Waals surface area contributed by atoms with Crippen LogP contribution in [0.25, 0.3) is 0 Å². The van der Waals surface area contributed by atoms with E-state index < -0.39 is 16.6 Å².